The van der Waals surface area contributed by atoms with E-state index in [0.29, 0.717) is 12.1 Å². The van der Waals surface area contributed by atoms with E-state index in [-0.39, 0.29) is 43.0 Å². The van der Waals surface area contributed by atoms with Gasteiger partial charge < -0.3 is 5.32 Å². The highest BCUT2D eigenvalue weighted by atomic mass is 16.2. The maximum Gasteiger partial charge on any atom is 0.260 e. The Hall–Kier alpha value is -2.95. The van der Waals surface area contributed by atoms with Gasteiger partial charge >= 0.3 is 0 Å². The van der Waals surface area contributed by atoms with Crippen molar-refractivity contribution >= 4 is 17.7 Å². The number of hydrogen-bond acceptors (Lipinski definition) is 3. The van der Waals surface area contributed by atoms with Crippen LogP contribution in [0, 0.1) is 0 Å². The highest BCUT2D eigenvalue weighted by Crippen LogP contribution is 2.19. The van der Waals surface area contributed by atoms with Crippen LogP contribution in [0.25, 0.3) is 0 Å². The third kappa shape index (κ3) is 3.99. The van der Waals surface area contributed by atoms with Gasteiger partial charge in [0, 0.05) is 25.1 Å². The van der Waals surface area contributed by atoms with Crippen LogP contribution in [-0.4, -0.2) is 35.7 Å². The van der Waals surface area contributed by atoms with Crippen LogP contribution in [-0.2, 0) is 16.0 Å². The molecule has 0 saturated heterocycles. The Balaban J connectivity index is 1.52. The second-order valence-electron chi connectivity index (χ2n) is 6.55. The largest absolute Gasteiger partial charge is 0.355 e. The minimum atomic E-state index is -0.317. The second-order valence-corrected chi connectivity index (χ2v) is 6.55. The maximum atomic E-state index is 12.5. The molecule has 1 aliphatic rings. The summed E-state index contributed by atoms with van der Waals surface area (Å²) in [6, 6.07) is 17.1. The molecule has 1 atom stereocenters. The number of hydrogen-bond donors (Lipinski definition) is 1. The molecule has 134 valence electrons. The van der Waals surface area contributed by atoms with Gasteiger partial charge in [-0.1, -0.05) is 55.5 Å². The van der Waals surface area contributed by atoms with E-state index in [0.717, 1.165) is 11.1 Å². The lowest BCUT2D eigenvalue weighted by atomic mass is 9.98. The van der Waals surface area contributed by atoms with Gasteiger partial charge in [-0.25, -0.2) is 0 Å². The summed E-state index contributed by atoms with van der Waals surface area (Å²) in [4.78, 5) is 38.0. The van der Waals surface area contributed by atoms with Crippen molar-refractivity contribution in [3.05, 3.63) is 71.3 Å². The van der Waals surface area contributed by atoms with Gasteiger partial charge in [0.2, 0.25) is 11.8 Å². The summed E-state index contributed by atoms with van der Waals surface area (Å²) in [6.45, 7) is 2.68. The Morgan fingerprint density at radius 1 is 1.08 bits per heavy atom. The van der Waals surface area contributed by atoms with Crippen LogP contribution in [0.1, 0.15) is 40.7 Å². The number of carbonyl (C=O) groups excluding carboxylic acids is 3. The lowest BCUT2D eigenvalue weighted by molar-refractivity contribution is -0.129. The quantitative estimate of drug-likeness (QED) is 0.814. The normalized spacial score (nSPS) is 14.7. The molecular weight excluding hydrogens is 328 g/mol. The van der Waals surface area contributed by atoms with Crippen molar-refractivity contribution in [1.82, 2.24) is 10.2 Å². The van der Waals surface area contributed by atoms with Gasteiger partial charge in [-0.2, -0.15) is 0 Å². The summed E-state index contributed by atoms with van der Waals surface area (Å²) in [5.41, 5.74) is 2.45. The van der Waals surface area contributed by atoms with E-state index in [1.165, 1.54) is 4.90 Å². The van der Waals surface area contributed by atoms with E-state index in [1.54, 1.807) is 18.2 Å². The summed E-state index contributed by atoms with van der Waals surface area (Å²) in [5, 5.41) is 2.88. The van der Waals surface area contributed by atoms with Crippen LogP contribution in [0.3, 0.4) is 0 Å². The van der Waals surface area contributed by atoms with Crippen molar-refractivity contribution < 1.29 is 14.4 Å². The summed E-state index contributed by atoms with van der Waals surface area (Å²) in [6.07, 6.45) is 0.315. The van der Waals surface area contributed by atoms with E-state index < -0.39 is 0 Å². The Bertz CT molecular complexity index is 817. The first-order valence-corrected chi connectivity index (χ1v) is 8.80. The lowest BCUT2D eigenvalue weighted by Gasteiger charge is -2.26. The van der Waals surface area contributed by atoms with Crippen molar-refractivity contribution in [2.24, 2.45) is 0 Å². The molecule has 0 unspecified atom stereocenters. The monoisotopic (exact) mass is 350 g/mol. The first-order chi connectivity index (χ1) is 12.6. The molecule has 0 spiro atoms. The zero-order valence-electron chi connectivity index (χ0n) is 14.8. The van der Waals surface area contributed by atoms with Crippen LogP contribution in [0.4, 0.5) is 0 Å². The predicted octanol–water partition coefficient (Wildman–Crippen LogP) is 2.52. The van der Waals surface area contributed by atoms with Gasteiger partial charge in [0.05, 0.1) is 6.42 Å². The molecule has 0 aromatic heterocycles. The van der Waals surface area contributed by atoms with Gasteiger partial charge in [-0.3, -0.25) is 19.3 Å². The van der Waals surface area contributed by atoms with Crippen LogP contribution in [0.2, 0.25) is 0 Å². The van der Waals surface area contributed by atoms with Crippen LogP contribution in [0.5, 0.6) is 0 Å². The molecule has 5 nitrogen and oxygen atoms in total. The predicted molar refractivity (Wildman–Crippen MR) is 98.7 cm³/mol. The fourth-order valence-electron chi connectivity index (χ4n) is 3.09. The van der Waals surface area contributed by atoms with E-state index in [1.807, 2.05) is 43.3 Å². The minimum absolute atomic E-state index is 0.109. The molecule has 3 amide bonds. The van der Waals surface area contributed by atoms with E-state index in [4.69, 9.17) is 0 Å². The number of benzene rings is 2. The fourth-order valence-corrected chi connectivity index (χ4v) is 3.09. The van der Waals surface area contributed by atoms with Crippen molar-refractivity contribution in [1.29, 1.82) is 0 Å². The standard InChI is InChI=1S/C21H22N2O3/c1-15(16-7-3-2-4-8-16)14-22-19(24)11-12-23-20(25)13-17-9-5-6-10-18(17)21(23)26/h2-10,15H,11-14H2,1H3,(H,22,24)/t15-/m0/s1. The highest BCUT2D eigenvalue weighted by molar-refractivity contribution is 6.09. The molecule has 1 heterocycles. The average Bonchev–Trinajstić information content (AvgIpc) is 2.66. The fraction of sp³-hybridized carbons (Fsp3) is 0.286. The Morgan fingerprint density at radius 2 is 1.77 bits per heavy atom. The molecule has 5 heteroatoms. The zero-order chi connectivity index (χ0) is 18.5. The number of rotatable bonds is 6. The molecule has 0 aliphatic carbocycles. The van der Waals surface area contributed by atoms with Gasteiger partial charge in [0.25, 0.3) is 5.91 Å². The number of amides is 3. The molecule has 0 bridgehead atoms. The van der Waals surface area contributed by atoms with Crippen molar-refractivity contribution in [3.63, 3.8) is 0 Å². The molecule has 2 aromatic rings. The summed E-state index contributed by atoms with van der Waals surface area (Å²) in [7, 11) is 0. The van der Waals surface area contributed by atoms with Crippen LogP contribution in [0.15, 0.2) is 54.6 Å². The smallest absolute Gasteiger partial charge is 0.260 e. The Morgan fingerprint density at radius 3 is 2.54 bits per heavy atom. The van der Waals surface area contributed by atoms with E-state index >= 15 is 0 Å². The van der Waals surface area contributed by atoms with Gasteiger partial charge in [0.15, 0.2) is 0 Å². The second kappa shape index (κ2) is 7.95. The number of fused-ring (bicyclic) bond motifs is 1. The van der Waals surface area contributed by atoms with E-state index in [9.17, 15) is 14.4 Å². The van der Waals surface area contributed by atoms with Crippen molar-refractivity contribution in [2.75, 3.05) is 13.1 Å². The Labute approximate surface area is 153 Å². The molecular formula is C21H22N2O3. The molecule has 2 aromatic carbocycles. The van der Waals surface area contributed by atoms with Crippen LogP contribution >= 0.6 is 0 Å². The number of carbonyl (C=O) groups is 3. The van der Waals surface area contributed by atoms with Crippen LogP contribution < -0.4 is 5.32 Å². The van der Waals surface area contributed by atoms with Crippen molar-refractivity contribution in [3.8, 4) is 0 Å². The molecule has 26 heavy (non-hydrogen) atoms. The number of nitrogens with zero attached hydrogens (tertiary/aromatic N) is 1. The third-order valence-electron chi connectivity index (χ3n) is 4.67. The molecule has 1 N–H and O–H groups in total. The van der Waals surface area contributed by atoms with Gasteiger partial charge in [-0.05, 0) is 23.1 Å². The lowest BCUT2D eigenvalue weighted by Crippen LogP contribution is -2.44. The molecule has 0 saturated carbocycles. The zero-order valence-corrected chi connectivity index (χ0v) is 14.8. The van der Waals surface area contributed by atoms with Gasteiger partial charge in [-0.15, -0.1) is 0 Å². The SMILES string of the molecule is C[C@@H](CNC(=O)CCN1C(=O)Cc2ccccc2C1=O)c1ccccc1. The summed E-state index contributed by atoms with van der Waals surface area (Å²) >= 11 is 0. The highest BCUT2D eigenvalue weighted by Gasteiger charge is 2.30. The molecule has 1 aliphatic heterocycles. The van der Waals surface area contributed by atoms with E-state index in [2.05, 4.69) is 5.32 Å². The third-order valence-corrected chi connectivity index (χ3v) is 4.67. The first kappa shape index (κ1) is 17.9. The number of nitrogens with one attached hydrogen (secondary N) is 1. The Kier molecular flexibility index (Phi) is 5.46. The first-order valence-electron chi connectivity index (χ1n) is 8.80. The summed E-state index contributed by atoms with van der Waals surface area (Å²) < 4.78 is 0. The average molecular weight is 350 g/mol. The molecule has 0 radical (unpaired) electrons. The molecule has 0 fully saturated rings. The minimum Gasteiger partial charge on any atom is -0.355 e. The van der Waals surface area contributed by atoms with Crippen molar-refractivity contribution in [2.45, 2.75) is 25.7 Å². The maximum absolute atomic E-state index is 12.5. The summed E-state index contributed by atoms with van der Waals surface area (Å²) in [5.74, 6) is -0.529. The topological polar surface area (TPSA) is 66.5 Å². The molecule has 3 rings (SSSR count). The van der Waals surface area contributed by atoms with Gasteiger partial charge in [0.1, 0.15) is 0 Å². The number of imide groups is 1.